The number of fused-ring (bicyclic) bond motifs is 1. The molecule has 0 fully saturated rings. The fourth-order valence-corrected chi connectivity index (χ4v) is 2.32. The van der Waals surface area contributed by atoms with Crippen LogP contribution in [0.1, 0.15) is 66.2 Å². The van der Waals surface area contributed by atoms with Crippen LogP contribution in [0.3, 0.4) is 0 Å². The lowest BCUT2D eigenvalue weighted by molar-refractivity contribution is -0.0922. The maximum atomic E-state index is 12.0. The third-order valence-electron chi connectivity index (χ3n) is 3.48. The maximum absolute atomic E-state index is 12.0. The monoisotopic (exact) mass is 275 g/mol. The van der Waals surface area contributed by atoms with Crippen LogP contribution in [-0.4, -0.2) is 23.5 Å². The van der Waals surface area contributed by atoms with Crippen LogP contribution in [0.4, 0.5) is 0 Å². The van der Waals surface area contributed by atoms with Crippen molar-refractivity contribution in [3.8, 4) is 0 Å². The average Bonchev–Trinajstić information content (AvgIpc) is 2.71. The maximum Gasteiger partial charge on any atom is 0.285 e. The third-order valence-corrected chi connectivity index (χ3v) is 3.48. The van der Waals surface area contributed by atoms with Crippen molar-refractivity contribution in [1.82, 2.24) is 5.06 Å². The number of unbranched alkanes of at least 4 members (excludes halogenated alkanes) is 5. The number of rotatable bonds is 8. The van der Waals surface area contributed by atoms with Gasteiger partial charge in [0.05, 0.1) is 17.7 Å². The Morgan fingerprint density at radius 2 is 1.45 bits per heavy atom. The van der Waals surface area contributed by atoms with Gasteiger partial charge in [-0.1, -0.05) is 51.2 Å². The molecule has 0 saturated heterocycles. The molecular formula is C16H21NO3. The molecule has 0 unspecified atom stereocenters. The number of carbonyl (C=O) groups excluding carboxylic acids is 2. The predicted molar refractivity (Wildman–Crippen MR) is 76.3 cm³/mol. The molecule has 4 heteroatoms. The number of nitrogens with zero attached hydrogens (tertiary/aromatic N) is 1. The molecule has 108 valence electrons. The highest BCUT2D eigenvalue weighted by atomic mass is 16.7. The Hall–Kier alpha value is -1.68. The molecule has 20 heavy (non-hydrogen) atoms. The molecule has 0 saturated carbocycles. The summed E-state index contributed by atoms with van der Waals surface area (Å²) in [6.45, 7) is 2.60. The van der Waals surface area contributed by atoms with E-state index in [1.54, 1.807) is 24.3 Å². The lowest BCUT2D eigenvalue weighted by atomic mass is 10.1. The molecule has 0 spiro atoms. The number of benzene rings is 1. The molecule has 2 rings (SSSR count). The summed E-state index contributed by atoms with van der Waals surface area (Å²) in [7, 11) is 0. The summed E-state index contributed by atoms with van der Waals surface area (Å²) in [6.07, 6.45) is 6.86. The van der Waals surface area contributed by atoms with Crippen molar-refractivity contribution in [3.63, 3.8) is 0 Å². The molecule has 2 amide bonds. The first-order valence-corrected chi connectivity index (χ1v) is 7.36. The van der Waals surface area contributed by atoms with Crippen LogP contribution in [0, 0.1) is 0 Å². The predicted octanol–water partition coefficient (Wildman–Crippen LogP) is 3.57. The van der Waals surface area contributed by atoms with Gasteiger partial charge in [-0.2, -0.15) is 0 Å². The Balaban J connectivity index is 1.75. The van der Waals surface area contributed by atoms with E-state index >= 15 is 0 Å². The molecule has 0 aromatic heterocycles. The van der Waals surface area contributed by atoms with E-state index in [2.05, 4.69) is 6.92 Å². The number of imide groups is 1. The van der Waals surface area contributed by atoms with Crippen LogP contribution in [0.2, 0.25) is 0 Å². The van der Waals surface area contributed by atoms with Crippen LogP contribution >= 0.6 is 0 Å². The van der Waals surface area contributed by atoms with Crippen LogP contribution in [0.15, 0.2) is 24.3 Å². The zero-order chi connectivity index (χ0) is 14.4. The van der Waals surface area contributed by atoms with E-state index in [1.807, 2.05) is 0 Å². The quantitative estimate of drug-likeness (QED) is 0.538. The first kappa shape index (κ1) is 14.7. The SMILES string of the molecule is CCCCCCCCON1C(=O)c2ccccc2C1=O. The Morgan fingerprint density at radius 3 is 2.05 bits per heavy atom. The molecule has 0 atom stereocenters. The lowest BCUT2D eigenvalue weighted by Crippen LogP contribution is -2.30. The lowest BCUT2D eigenvalue weighted by Gasteiger charge is -2.13. The van der Waals surface area contributed by atoms with Gasteiger partial charge in [-0.05, 0) is 18.6 Å². The first-order chi connectivity index (χ1) is 9.75. The normalized spacial score (nSPS) is 13.9. The van der Waals surface area contributed by atoms with Gasteiger partial charge in [0.2, 0.25) is 0 Å². The topological polar surface area (TPSA) is 46.6 Å². The van der Waals surface area contributed by atoms with E-state index in [0.29, 0.717) is 17.7 Å². The van der Waals surface area contributed by atoms with Gasteiger partial charge >= 0.3 is 0 Å². The van der Waals surface area contributed by atoms with Gasteiger partial charge in [0, 0.05) is 0 Å². The van der Waals surface area contributed by atoms with E-state index in [4.69, 9.17) is 4.84 Å². The standard InChI is InChI=1S/C16H21NO3/c1-2-3-4-5-6-9-12-20-17-15(18)13-10-7-8-11-14(13)16(17)19/h7-8,10-11H,2-6,9,12H2,1H3. The Labute approximate surface area is 119 Å². The van der Waals surface area contributed by atoms with E-state index in [1.165, 1.54) is 25.7 Å². The number of hydroxylamine groups is 2. The highest BCUT2D eigenvalue weighted by molar-refractivity contribution is 6.20. The summed E-state index contributed by atoms with van der Waals surface area (Å²) in [5.74, 6) is -0.701. The summed E-state index contributed by atoms with van der Waals surface area (Å²) in [4.78, 5) is 29.3. The van der Waals surface area contributed by atoms with Crippen molar-refractivity contribution in [2.45, 2.75) is 45.4 Å². The zero-order valence-electron chi connectivity index (χ0n) is 11.9. The average molecular weight is 275 g/mol. The Kier molecular flexibility index (Phi) is 5.30. The van der Waals surface area contributed by atoms with Crippen LogP contribution in [0.25, 0.3) is 0 Å². The van der Waals surface area contributed by atoms with Gasteiger partial charge < -0.3 is 0 Å². The molecule has 4 nitrogen and oxygen atoms in total. The summed E-state index contributed by atoms with van der Waals surface area (Å²) in [5, 5.41) is 0.900. The second-order valence-electron chi connectivity index (χ2n) is 5.05. The Morgan fingerprint density at radius 1 is 0.900 bits per heavy atom. The van der Waals surface area contributed by atoms with Gasteiger partial charge in [-0.25, -0.2) is 0 Å². The molecule has 1 aliphatic rings. The highest BCUT2D eigenvalue weighted by Crippen LogP contribution is 2.22. The molecule has 0 aliphatic carbocycles. The summed E-state index contributed by atoms with van der Waals surface area (Å²) < 4.78 is 0. The molecular weight excluding hydrogens is 254 g/mol. The van der Waals surface area contributed by atoms with Crippen LogP contribution in [-0.2, 0) is 4.84 Å². The smallest absolute Gasteiger partial charge is 0.266 e. The molecule has 1 aliphatic heterocycles. The van der Waals surface area contributed by atoms with Gasteiger partial charge in [-0.3, -0.25) is 14.4 Å². The largest absolute Gasteiger partial charge is 0.285 e. The van der Waals surface area contributed by atoms with E-state index in [0.717, 1.165) is 17.9 Å². The van der Waals surface area contributed by atoms with Crippen molar-refractivity contribution in [1.29, 1.82) is 0 Å². The highest BCUT2D eigenvalue weighted by Gasteiger charge is 2.36. The molecule has 1 aromatic rings. The minimum atomic E-state index is -0.350. The number of carbonyl (C=O) groups is 2. The fourth-order valence-electron chi connectivity index (χ4n) is 2.32. The molecule has 0 bridgehead atoms. The van der Waals surface area contributed by atoms with E-state index in [9.17, 15) is 9.59 Å². The molecule has 1 heterocycles. The summed E-state index contributed by atoms with van der Waals surface area (Å²) in [6, 6.07) is 6.82. The van der Waals surface area contributed by atoms with Crippen molar-refractivity contribution >= 4 is 11.8 Å². The number of hydrogen-bond acceptors (Lipinski definition) is 3. The minimum Gasteiger partial charge on any atom is -0.266 e. The van der Waals surface area contributed by atoms with Gasteiger partial charge in [0.1, 0.15) is 0 Å². The minimum absolute atomic E-state index is 0.350. The zero-order valence-corrected chi connectivity index (χ0v) is 11.9. The molecule has 0 N–H and O–H groups in total. The van der Waals surface area contributed by atoms with Crippen molar-refractivity contribution < 1.29 is 14.4 Å². The third kappa shape index (κ3) is 3.25. The second-order valence-corrected chi connectivity index (χ2v) is 5.05. The van der Waals surface area contributed by atoms with Crippen molar-refractivity contribution in [2.75, 3.05) is 6.61 Å². The molecule has 0 radical (unpaired) electrons. The summed E-state index contributed by atoms with van der Waals surface area (Å²) >= 11 is 0. The fraction of sp³-hybridized carbons (Fsp3) is 0.500. The number of hydrogen-bond donors (Lipinski definition) is 0. The Bertz CT molecular complexity index is 449. The first-order valence-electron chi connectivity index (χ1n) is 7.36. The summed E-state index contributed by atoms with van der Waals surface area (Å²) in [5.41, 5.74) is 0.862. The van der Waals surface area contributed by atoms with Crippen molar-refractivity contribution in [2.24, 2.45) is 0 Å². The van der Waals surface area contributed by atoms with Gasteiger partial charge in [0.25, 0.3) is 11.8 Å². The van der Waals surface area contributed by atoms with Gasteiger partial charge in [-0.15, -0.1) is 5.06 Å². The van der Waals surface area contributed by atoms with E-state index < -0.39 is 0 Å². The molecule has 1 aromatic carbocycles. The van der Waals surface area contributed by atoms with Crippen LogP contribution < -0.4 is 0 Å². The van der Waals surface area contributed by atoms with Gasteiger partial charge in [0.15, 0.2) is 0 Å². The second kappa shape index (κ2) is 7.20. The van der Waals surface area contributed by atoms with Crippen molar-refractivity contribution in [3.05, 3.63) is 35.4 Å². The number of amides is 2. The van der Waals surface area contributed by atoms with Crippen LogP contribution in [0.5, 0.6) is 0 Å². The van der Waals surface area contributed by atoms with E-state index in [-0.39, 0.29) is 11.8 Å².